The van der Waals surface area contributed by atoms with Crippen LogP contribution in [-0.2, 0) is 6.42 Å². The number of rotatable bonds is 3. The van der Waals surface area contributed by atoms with E-state index in [0.29, 0.717) is 10.6 Å². The molecule has 0 heterocycles. The normalized spacial score (nSPS) is 14.0. The predicted molar refractivity (Wildman–Crippen MR) is 56.7 cm³/mol. The Labute approximate surface area is 96.6 Å². The highest BCUT2D eigenvalue weighted by molar-refractivity contribution is 6.31. The quantitative estimate of drug-likeness (QED) is 0.821. The van der Waals surface area contributed by atoms with Gasteiger partial charge in [-0.2, -0.15) is 8.78 Å². The molecule has 0 fully saturated rings. The molecular weight excluding hydrogens is 245 g/mol. The first kappa shape index (κ1) is 12.7. The molecule has 5 heteroatoms. The molecule has 0 radical (unpaired) electrons. The zero-order valence-electron chi connectivity index (χ0n) is 7.98. The third kappa shape index (κ3) is 3.59. The summed E-state index contributed by atoms with van der Waals surface area (Å²) < 4.78 is 25.0. The van der Waals surface area contributed by atoms with Gasteiger partial charge >= 0.3 is 5.38 Å². The largest absolute Gasteiger partial charge is 0.385 e. The Kier molecular flexibility index (Phi) is 3.93. The fraction of sp³-hybridized carbons (Fsp3) is 0.400. The highest BCUT2D eigenvalue weighted by atomic mass is 35.5. The molecular formula is C10H10Cl2F2O. The van der Waals surface area contributed by atoms with Gasteiger partial charge in [-0.25, -0.2) is 0 Å². The van der Waals surface area contributed by atoms with Crippen molar-refractivity contribution in [2.75, 3.05) is 0 Å². The maximum Gasteiger partial charge on any atom is 0.347 e. The zero-order chi connectivity index (χ0) is 11.6. The molecule has 0 aliphatic heterocycles. The van der Waals surface area contributed by atoms with Gasteiger partial charge in [0.05, 0.1) is 0 Å². The van der Waals surface area contributed by atoms with Crippen LogP contribution < -0.4 is 0 Å². The van der Waals surface area contributed by atoms with Crippen LogP contribution in [0.1, 0.15) is 11.1 Å². The predicted octanol–water partition coefficient (Wildman–Crippen LogP) is 3.38. The highest BCUT2D eigenvalue weighted by Gasteiger charge is 2.35. The van der Waals surface area contributed by atoms with Crippen LogP contribution in [0.4, 0.5) is 8.78 Å². The van der Waals surface area contributed by atoms with Gasteiger partial charge in [0, 0.05) is 11.4 Å². The number of aryl methyl sites for hydroxylation is 1. The molecule has 1 unspecified atom stereocenters. The highest BCUT2D eigenvalue weighted by Crippen LogP contribution is 2.28. The molecule has 1 N–H and O–H groups in total. The Bertz CT molecular complexity index is 350. The van der Waals surface area contributed by atoms with Crippen LogP contribution in [0, 0.1) is 6.92 Å². The maximum atomic E-state index is 12.5. The summed E-state index contributed by atoms with van der Waals surface area (Å²) in [4.78, 5) is 0. The van der Waals surface area contributed by atoms with Crippen molar-refractivity contribution in [1.29, 1.82) is 0 Å². The van der Waals surface area contributed by atoms with Crippen molar-refractivity contribution in [3.8, 4) is 0 Å². The lowest BCUT2D eigenvalue weighted by Crippen LogP contribution is -2.29. The van der Waals surface area contributed by atoms with Crippen LogP contribution in [0.3, 0.4) is 0 Å². The maximum absolute atomic E-state index is 12.5. The van der Waals surface area contributed by atoms with E-state index in [0.717, 1.165) is 5.56 Å². The van der Waals surface area contributed by atoms with Crippen LogP contribution in [0.15, 0.2) is 18.2 Å². The summed E-state index contributed by atoms with van der Waals surface area (Å²) >= 11 is 10.5. The summed E-state index contributed by atoms with van der Waals surface area (Å²) in [6.07, 6.45) is -2.20. The molecule has 0 bridgehead atoms. The summed E-state index contributed by atoms with van der Waals surface area (Å²) in [6, 6.07) is 4.99. The van der Waals surface area contributed by atoms with Crippen LogP contribution in [0.25, 0.3) is 0 Å². The summed E-state index contributed by atoms with van der Waals surface area (Å²) in [5.41, 5.74) is 1.38. The molecule has 1 aromatic rings. The number of hydrogen-bond donors (Lipinski definition) is 1. The number of alkyl halides is 3. The topological polar surface area (TPSA) is 20.2 Å². The average Bonchev–Trinajstić information content (AvgIpc) is 2.08. The lowest BCUT2D eigenvalue weighted by atomic mass is 10.1. The SMILES string of the molecule is Cc1ccc(CC(O)C(F)(F)Cl)c(Cl)c1. The van der Waals surface area contributed by atoms with Crippen LogP contribution in [0.2, 0.25) is 5.02 Å². The van der Waals surface area contributed by atoms with Gasteiger partial charge in [0.1, 0.15) is 6.10 Å². The van der Waals surface area contributed by atoms with Gasteiger partial charge in [0.25, 0.3) is 0 Å². The molecule has 1 atom stereocenters. The van der Waals surface area contributed by atoms with Crippen molar-refractivity contribution in [1.82, 2.24) is 0 Å². The van der Waals surface area contributed by atoms with E-state index in [4.69, 9.17) is 28.3 Å². The van der Waals surface area contributed by atoms with Gasteiger partial charge in [0.2, 0.25) is 0 Å². The lowest BCUT2D eigenvalue weighted by Gasteiger charge is -2.16. The van der Waals surface area contributed by atoms with Gasteiger partial charge in [-0.05, 0) is 35.7 Å². The van der Waals surface area contributed by atoms with Crippen LogP contribution >= 0.6 is 23.2 Å². The molecule has 1 aromatic carbocycles. The number of benzene rings is 1. The third-order valence-electron chi connectivity index (χ3n) is 2.00. The van der Waals surface area contributed by atoms with Crippen molar-refractivity contribution in [2.24, 2.45) is 0 Å². The smallest absolute Gasteiger partial charge is 0.347 e. The van der Waals surface area contributed by atoms with E-state index >= 15 is 0 Å². The van der Waals surface area contributed by atoms with E-state index in [1.54, 1.807) is 18.2 Å². The minimum absolute atomic E-state index is 0.268. The van der Waals surface area contributed by atoms with Gasteiger partial charge in [-0.1, -0.05) is 23.7 Å². The fourth-order valence-electron chi connectivity index (χ4n) is 1.14. The number of hydrogen-bond acceptors (Lipinski definition) is 1. The Morgan fingerprint density at radius 2 is 2.07 bits per heavy atom. The van der Waals surface area contributed by atoms with Gasteiger partial charge in [0.15, 0.2) is 0 Å². The van der Waals surface area contributed by atoms with E-state index in [1.165, 1.54) is 0 Å². The molecule has 0 aromatic heterocycles. The van der Waals surface area contributed by atoms with Crippen LogP contribution in [0.5, 0.6) is 0 Å². The van der Waals surface area contributed by atoms with E-state index in [1.807, 2.05) is 6.92 Å². The van der Waals surface area contributed by atoms with Crippen molar-refractivity contribution in [2.45, 2.75) is 24.8 Å². The van der Waals surface area contributed by atoms with E-state index in [-0.39, 0.29) is 6.42 Å². The lowest BCUT2D eigenvalue weighted by molar-refractivity contribution is -0.0397. The molecule has 0 saturated carbocycles. The summed E-state index contributed by atoms with van der Waals surface area (Å²) in [7, 11) is 0. The van der Waals surface area contributed by atoms with Gasteiger partial charge < -0.3 is 5.11 Å². The molecule has 15 heavy (non-hydrogen) atoms. The first-order chi connectivity index (χ1) is 6.80. The summed E-state index contributed by atoms with van der Waals surface area (Å²) in [5, 5.41) is 5.82. The molecule has 1 nitrogen and oxygen atoms in total. The van der Waals surface area contributed by atoms with Crippen molar-refractivity contribution in [3.05, 3.63) is 34.3 Å². The summed E-state index contributed by atoms with van der Waals surface area (Å²) in [6.45, 7) is 1.84. The van der Waals surface area contributed by atoms with E-state index in [2.05, 4.69) is 0 Å². The Morgan fingerprint density at radius 1 is 1.47 bits per heavy atom. The van der Waals surface area contributed by atoms with Crippen LogP contribution in [-0.4, -0.2) is 16.6 Å². The molecule has 1 rings (SSSR count). The first-order valence-electron chi connectivity index (χ1n) is 4.30. The number of aliphatic hydroxyl groups is 1. The molecule has 84 valence electrons. The fourth-order valence-corrected chi connectivity index (χ4v) is 1.53. The van der Waals surface area contributed by atoms with E-state index in [9.17, 15) is 8.78 Å². The molecule has 0 aliphatic carbocycles. The van der Waals surface area contributed by atoms with Gasteiger partial charge in [-0.3, -0.25) is 0 Å². The second kappa shape index (κ2) is 4.64. The van der Waals surface area contributed by atoms with Crippen molar-refractivity contribution in [3.63, 3.8) is 0 Å². The standard InChI is InChI=1S/C10H10Cl2F2O/c1-6-2-3-7(8(11)4-6)5-9(15)10(12,13)14/h2-4,9,15H,5H2,1H3. The third-order valence-corrected chi connectivity index (χ3v) is 2.60. The number of halogens is 4. The second-order valence-electron chi connectivity index (χ2n) is 3.36. The monoisotopic (exact) mass is 254 g/mol. The van der Waals surface area contributed by atoms with Crippen molar-refractivity contribution < 1.29 is 13.9 Å². The minimum atomic E-state index is -3.63. The van der Waals surface area contributed by atoms with Crippen molar-refractivity contribution >= 4 is 23.2 Å². The Balaban J connectivity index is 2.82. The van der Waals surface area contributed by atoms with Gasteiger partial charge in [-0.15, -0.1) is 0 Å². The molecule has 0 spiro atoms. The second-order valence-corrected chi connectivity index (χ2v) is 4.27. The Morgan fingerprint density at radius 3 is 2.53 bits per heavy atom. The zero-order valence-corrected chi connectivity index (χ0v) is 9.49. The molecule has 0 aliphatic rings. The Hall–Kier alpha value is -0.380. The minimum Gasteiger partial charge on any atom is -0.385 e. The van der Waals surface area contributed by atoms with E-state index < -0.39 is 11.5 Å². The average molecular weight is 255 g/mol. The molecule has 0 amide bonds. The number of aliphatic hydroxyl groups excluding tert-OH is 1. The first-order valence-corrected chi connectivity index (χ1v) is 5.06. The summed E-state index contributed by atoms with van der Waals surface area (Å²) in [5.74, 6) is 0. The molecule has 0 saturated heterocycles.